The first kappa shape index (κ1) is 14.7. The number of nitrogens with zero attached hydrogens (tertiary/aromatic N) is 3. The van der Waals surface area contributed by atoms with E-state index in [1.807, 2.05) is 0 Å². The van der Waals surface area contributed by atoms with E-state index in [0.29, 0.717) is 12.5 Å². The van der Waals surface area contributed by atoms with Gasteiger partial charge in [0.2, 0.25) is 0 Å². The van der Waals surface area contributed by atoms with Crippen molar-refractivity contribution in [2.75, 3.05) is 20.2 Å². The zero-order valence-electron chi connectivity index (χ0n) is 12.6. The van der Waals surface area contributed by atoms with E-state index in [9.17, 15) is 0 Å². The maximum atomic E-state index is 5.13. The Hall–Kier alpha value is -1.24. The average Bonchev–Trinajstić information content (AvgIpc) is 3.09. The molecule has 114 valence electrons. The highest BCUT2D eigenvalue weighted by atomic mass is 32.1. The first-order chi connectivity index (χ1) is 10.2. The Morgan fingerprint density at radius 2 is 2.43 bits per heavy atom. The number of aromatic amines is 1. The van der Waals surface area contributed by atoms with Gasteiger partial charge in [0.15, 0.2) is 0 Å². The fraction of sp³-hybridized carbons (Fsp3) is 0.600. The number of likely N-dealkylation sites (tertiary alicyclic amines) is 1. The molecule has 1 aliphatic rings. The van der Waals surface area contributed by atoms with E-state index < -0.39 is 0 Å². The first-order valence-electron chi connectivity index (χ1n) is 7.41. The Morgan fingerprint density at radius 1 is 1.52 bits per heavy atom. The topological polar surface area (TPSA) is 54.0 Å². The Morgan fingerprint density at radius 3 is 3.19 bits per heavy atom. The van der Waals surface area contributed by atoms with Crippen LogP contribution in [0.25, 0.3) is 0 Å². The third-order valence-electron chi connectivity index (χ3n) is 3.90. The standard InChI is InChI=1S/C15H22N4OS/c1-11-6-14(18-17-11)12-4-3-5-19(7-12)8-13-10-21-15(16-13)9-20-2/h6,10,12H,3-5,7-9H2,1-2H3,(H,17,18)/t12-/m0/s1. The zero-order valence-corrected chi connectivity index (χ0v) is 13.4. The van der Waals surface area contributed by atoms with Crippen LogP contribution in [0.1, 0.15) is 40.8 Å². The van der Waals surface area contributed by atoms with Crippen LogP contribution >= 0.6 is 11.3 Å². The van der Waals surface area contributed by atoms with Gasteiger partial charge in [-0.15, -0.1) is 11.3 Å². The number of rotatable bonds is 5. The molecule has 1 aliphatic heterocycles. The van der Waals surface area contributed by atoms with Crippen LogP contribution in [0, 0.1) is 6.92 Å². The first-order valence-corrected chi connectivity index (χ1v) is 8.29. The molecule has 1 N–H and O–H groups in total. The molecule has 3 heterocycles. The van der Waals surface area contributed by atoms with Gasteiger partial charge in [-0.25, -0.2) is 4.98 Å². The molecule has 1 saturated heterocycles. The zero-order chi connectivity index (χ0) is 14.7. The number of ether oxygens (including phenoxy) is 1. The minimum atomic E-state index is 0.542. The van der Waals surface area contributed by atoms with Gasteiger partial charge in [0.05, 0.1) is 18.0 Å². The van der Waals surface area contributed by atoms with Gasteiger partial charge in [-0.05, 0) is 32.4 Å². The van der Waals surface area contributed by atoms with E-state index in [2.05, 4.69) is 38.5 Å². The molecule has 0 aliphatic carbocycles. The molecular weight excluding hydrogens is 284 g/mol. The lowest BCUT2D eigenvalue weighted by molar-refractivity contribution is 0.182. The van der Waals surface area contributed by atoms with Gasteiger partial charge in [0.25, 0.3) is 0 Å². The van der Waals surface area contributed by atoms with E-state index >= 15 is 0 Å². The Balaban J connectivity index is 1.60. The van der Waals surface area contributed by atoms with Gasteiger partial charge >= 0.3 is 0 Å². The lowest BCUT2D eigenvalue weighted by Crippen LogP contribution is -2.34. The number of methoxy groups -OCH3 is 1. The van der Waals surface area contributed by atoms with E-state index in [-0.39, 0.29) is 0 Å². The monoisotopic (exact) mass is 306 g/mol. The lowest BCUT2D eigenvalue weighted by Gasteiger charge is -2.31. The molecule has 2 aromatic rings. The van der Waals surface area contributed by atoms with Crippen LogP contribution in [-0.2, 0) is 17.9 Å². The summed E-state index contributed by atoms with van der Waals surface area (Å²) < 4.78 is 5.13. The van der Waals surface area contributed by atoms with Crippen LogP contribution in [0.4, 0.5) is 0 Å². The molecule has 2 aromatic heterocycles. The van der Waals surface area contributed by atoms with Crippen molar-refractivity contribution in [2.24, 2.45) is 0 Å². The summed E-state index contributed by atoms with van der Waals surface area (Å²) in [5, 5.41) is 10.7. The molecule has 0 bridgehead atoms. The van der Waals surface area contributed by atoms with Gasteiger partial charge in [0, 0.05) is 37.2 Å². The highest BCUT2D eigenvalue weighted by Gasteiger charge is 2.23. The van der Waals surface area contributed by atoms with Crippen molar-refractivity contribution in [1.29, 1.82) is 0 Å². The number of thiazole rings is 1. The van der Waals surface area contributed by atoms with Crippen molar-refractivity contribution >= 4 is 11.3 Å². The molecule has 0 spiro atoms. The number of nitrogens with one attached hydrogen (secondary N) is 1. The molecular formula is C15H22N4OS. The number of aryl methyl sites for hydroxylation is 1. The Labute approximate surface area is 129 Å². The summed E-state index contributed by atoms with van der Waals surface area (Å²) >= 11 is 1.68. The number of hydrogen-bond donors (Lipinski definition) is 1. The predicted octanol–water partition coefficient (Wildman–Crippen LogP) is 2.70. The van der Waals surface area contributed by atoms with Crippen LogP contribution in [0.15, 0.2) is 11.4 Å². The Kier molecular flexibility index (Phi) is 4.67. The normalized spacial score (nSPS) is 20.0. The molecule has 5 nitrogen and oxygen atoms in total. The van der Waals surface area contributed by atoms with E-state index in [0.717, 1.165) is 36.0 Å². The fourth-order valence-corrected chi connectivity index (χ4v) is 3.68. The third-order valence-corrected chi connectivity index (χ3v) is 4.77. The summed E-state index contributed by atoms with van der Waals surface area (Å²) in [5.74, 6) is 0.542. The second-order valence-electron chi connectivity index (χ2n) is 5.72. The number of hydrogen-bond acceptors (Lipinski definition) is 5. The van der Waals surface area contributed by atoms with Crippen molar-refractivity contribution in [3.05, 3.63) is 33.5 Å². The third kappa shape index (κ3) is 3.70. The van der Waals surface area contributed by atoms with Gasteiger partial charge in [-0.2, -0.15) is 5.10 Å². The fourth-order valence-electron chi connectivity index (χ4n) is 2.93. The van der Waals surface area contributed by atoms with Gasteiger partial charge in [-0.1, -0.05) is 0 Å². The average molecular weight is 306 g/mol. The molecule has 21 heavy (non-hydrogen) atoms. The summed E-state index contributed by atoms with van der Waals surface area (Å²) in [6, 6.07) is 2.17. The quantitative estimate of drug-likeness (QED) is 0.923. The maximum Gasteiger partial charge on any atom is 0.119 e. The van der Waals surface area contributed by atoms with Crippen molar-refractivity contribution in [3.8, 4) is 0 Å². The van der Waals surface area contributed by atoms with Gasteiger partial charge in [-0.3, -0.25) is 10.00 Å². The molecule has 0 amide bonds. The minimum absolute atomic E-state index is 0.542. The summed E-state index contributed by atoms with van der Waals surface area (Å²) in [4.78, 5) is 7.12. The predicted molar refractivity (Wildman–Crippen MR) is 83.4 cm³/mol. The second-order valence-corrected chi connectivity index (χ2v) is 6.66. The number of aromatic nitrogens is 3. The smallest absolute Gasteiger partial charge is 0.119 e. The van der Waals surface area contributed by atoms with Crippen molar-refractivity contribution in [3.63, 3.8) is 0 Å². The lowest BCUT2D eigenvalue weighted by atomic mass is 9.94. The molecule has 0 aromatic carbocycles. The number of H-pyrrole nitrogens is 1. The van der Waals surface area contributed by atoms with E-state index in [4.69, 9.17) is 4.74 Å². The number of piperidine rings is 1. The van der Waals surface area contributed by atoms with E-state index in [1.165, 1.54) is 18.5 Å². The van der Waals surface area contributed by atoms with Crippen LogP contribution in [0.5, 0.6) is 0 Å². The Bertz CT molecular complexity index is 580. The van der Waals surface area contributed by atoms with Crippen LogP contribution in [0.2, 0.25) is 0 Å². The van der Waals surface area contributed by atoms with Crippen LogP contribution < -0.4 is 0 Å². The maximum absolute atomic E-state index is 5.13. The molecule has 3 rings (SSSR count). The van der Waals surface area contributed by atoms with Crippen molar-refractivity contribution in [2.45, 2.75) is 38.8 Å². The summed E-state index contributed by atoms with van der Waals surface area (Å²) in [5.41, 5.74) is 3.51. The van der Waals surface area contributed by atoms with Gasteiger partial charge < -0.3 is 4.74 Å². The van der Waals surface area contributed by atoms with Crippen LogP contribution in [0.3, 0.4) is 0 Å². The second kappa shape index (κ2) is 6.68. The SMILES string of the molecule is COCc1nc(CN2CCC[C@H](c3cc(C)[nH]n3)C2)cs1. The molecule has 0 radical (unpaired) electrons. The minimum Gasteiger partial charge on any atom is -0.378 e. The summed E-state index contributed by atoms with van der Waals surface area (Å²) in [6.45, 7) is 5.82. The highest BCUT2D eigenvalue weighted by Crippen LogP contribution is 2.27. The van der Waals surface area contributed by atoms with Crippen molar-refractivity contribution in [1.82, 2.24) is 20.1 Å². The summed E-state index contributed by atoms with van der Waals surface area (Å²) in [7, 11) is 1.71. The molecule has 1 atom stereocenters. The van der Waals surface area contributed by atoms with Crippen molar-refractivity contribution < 1.29 is 4.74 Å². The molecule has 1 fully saturated rings. The molecule has 6 heteroatoms. The molecule has 0 unspecified atom stereocenters. The van der Waals surface area contributed by atoms with Crippen LogP contribution in [-0.4, -0.2) is 40.3 Å². The highest BCUT2D eigenvalue weighted by molar-refractivity contribution is 7.09. The van der Waals surface area contributed by atoms with E-state index in [1.54, 1.807) is 18.4 Å². The largest absolute Gasteiger partial charge is 0.378 e. The molecule has 0 saturated carbocycles. The van der Waals surface area contributed by atoms with Gasteiger partial charge in [0.1, 0.15) is 5.01 Å². The summed E-state index contributed by atoms with van der Waals surface area (Å²) in [6.07, 6.45) is 2.46.